The zero-order valence-electron chi connectivity index (χ0n) is 19.6. The Kier molecular flexibility index (Phi) is 10.9. The highest BCUT2D eigenvalue weighted by Gasteiger charge is 2.19. The Hall–Kier alpha value is -3.39. The maximum atomic E-state index is 12.9. The Labute approximate surface area is 195 Å². The number of carbonyl (C=O) groups excluding carboxylic acids is 3. The summed E-state index contributed by atoms with van der Waals surface area (Å²) in [6, 6.07) is 14.2. The average molecular weight is 456 g/mol. The summed E-state index contributed by atoms with van der Waals surface area (Å²) in [7, 11) is 1.53. The lowest BCUT2D eigenvalue weighted by molar-refractivity contribution is -0.124. The van der Waals surface area contributed by atoms with Gasteiger partial charge in [0, 0.05) is 24.9 Å². The smallest absolute Gasteiger partial charge is 0.254 e. The molecule has 0 aliphatic heterocycles. The lowest BCUT2D eigenvalue weighted by Crippen LogP contribution is -2.44. The summed E-state index contributed by atoms with van der Waals surface area (Å²) in [5.74, 6) is -0.383. The number of benzene rings is 2. The van der Waals surface area contributed by atoms with E-state index in [1.807, 2.05) is 19.1 Å². The topological polar surface area (TPSA) is 97.0 Å². The number of amides is 3. The monoisotopic (exact) mass is 455 g/mol. The second-order valence-electron chi connectivity index (χ2n) is 7.64. The molecule has 33 heavy (non-hydrogen) atoms. The largest absolute Gasteiger partial charge is 0.494 e. The lowest BCUT2D eigenvalue weighted by Gasteiger charge is -2.22. The molecule has 0 aliphatic rings. The molecule has 2 N–H and O–H groups in total. The van der Waals surface area contributed by atoms with Crippen LogP contribution in [0.25, 0.3) is 0 Å². The normalized spacial score (nSPS) is 10.4. The fourth-order valence-electron chi connectivity index (χ4n) is 2.91. The molecule has 0 spiro atoms. The summed E-state index contributed by atoms with van der Waals surface area (Å²) >= 11 is 0. The van der Waals surface area contributed by atoms with Crippen molar-refractivity contribution in [3.8, 4) is 5.75 Å². The minimum absolute atomic E-state index is 0.186. The second kappa shape index (κ2) is 13.9. The van der Waals surface area contributed by atoms with E-state index in [2.05, 4.69) is 17.6 Å². The van der Waals surface area contributed by atoms with E-state index in [9.17, 15) is 14.4 Å². The first-order valence-electron chi connectivity index (χ1n) is 11.1. The molecule has 0 atom stereocenters. The molecule has 0 radical (unpaired) electrons. The first-order chi connectivity index (χ1) is 15.9. The number of nitrogens with one attached hydrogen (secondary N) is 2. The van der Waals surface area contributed by atoms with Gasteiger partial charge in [-0.05, 0) is 49.7 Å². The van der Waals surface area contributed by atoms with Crippen molar-refractivity contribution in [2.45, 2.75) is 26.7 Å². The highest BCUT2D eigenvalue weighted by Crippen LogP contribution is 2.14. The molecule has 0 heterocycles. The van der Waals surface area contributed by atoms with Crippen LogP contribution in [-0.2, 0) is 14.3 Å². The van der Waals surface area contributed by atoms with Crippen LogP contribution in [0.3, 0.4) is 0 Å². The second-order valence-corrected chi connectivity index (χ2v) is 7.64. The molecule has 8 nitrogen and oxygen atoms in total. The molecule has 0 saturated heterocycles. The third kappa shape index (κ3) is 9.33. The van der Waals surface area contributed by atoms with E-state index in [1.165, 1.54) is 12.0 Å². The lowest BCUT2D eigenvalue weighted by atomic mass is 10.2. The Morgan fingerprint density at radius 2 is 1.64 bits per heavy atom. The molecule has 8 heteroatoms. The first kappa shape index (κ1) is 25.9. The molecule has 0 aliphatic carbocycles. The summed E-state index contributed by atoms with van der Waals surface area (Å²) in [5.41, 5.74) is 2.18. The number of carbonyl (C=O) groups is 3. The van der Waals surface area contributed by atoms with Gasteiger partial charge in [0.05, 0.1) is 26.3 Å². The summed E-state index contributed by atoms with van der Waals surface area (Å²) in [4.78, 5) is 38.8. The Morgan fingerprint density at radius 3 is 2.27 bits per heavy atom. The summed E-state index contributed by atoms with van der Waals surface area (Å²) in [6.45, 7) is 4.82. The van der Waals surface area contributed by atoms with Gasteiger partial charge < -0.3 is 25.0 Å². The Morgan fingerprint density at radius 1 is 0.939 bits per heavy atom. The predicted octanol–water partition coefficient (Wildman–Crippen LogP) is 3.02. The predicted molar refractivity (Wildman–Crippen MR) is 127 cm³/mol. The maximum Gasteiger partial charge on any atom is 0.254 e. The van der Waals surface area contributed by atoms with Crippen LogP contribution in [0.5, 0.6) is 5.75 Å². The number of aryl methyl sites for hydroxylation is 1. The quantitative estimate of drug-likeness (QED) is 0.453. The number of rotatable bonds is 13. The van der Waals surface area contributed by atoms with Crippen molar-refractivity contribution < 1.29 is 23.9 Å². The maximum absolute atomic E-state index is 12.9. The summed E-state index contributed by atoms with van der Waals surface area (Å²) in [6.07, 6.45) is 2.00. The number of hydrogen-bond donors (Lipinski definition) is 2. The Balaban J connectivity index is 1.89. The third-order valence-electron chi connectivity index (χ3n) is 4.84. The molecule has 3 amide bonds. The SMILES string of the molecule is CCCCOc1ccc(C(=O)N(CCOC)CC(=O)NCC(=O)Nc2ccc(C)cc2)cc1. The van der Waals surface area contributed by atoms with Gasteiger partial charge in [0.15, 0.2) is 0 Å². The molecular weight excluding hydrogens is 422 g/mol. The van der Waals surface area contributed by atoms with Gasteiger partial charge in [-0.15, -0.1) is 0 Å². The zero-order chi connectivity index (χ0) is 24.1. The minimum Gasteiger partial charge on any atom is -0.494 e. The van der Waals surface area contributed by atoms with Gasteiger partial charge in [-0.3, -0.25) is 14.4 Å². The minimum atomic E-state index is -0.432. The van der Waals surface area contributed by atoms with E-state index in [-0.39, 0.29) is 38.1 Å². The van der Waals surface area contributed by atoms with Crippen molar-refractivity contribution in [1.82, 2.24) is 10.2 Å². The van der Waals surface area contributed by atoms with Crippen molar-refractivity contribution >= 4 is 23.4 Å². The van der Waals surface area contributed by atoms with Crippen LogP contribution in [0.4, 0.5) is 5.69 Å². The fraction of sp³-hybridized carbons (Fsp3) is 0.400. The van der Waals surface area contributed by atoms with E-state index in [0.717, 1.165) is 18.4 Å². The number of anilines is 1. The summed E-state index contributed by atoms with van der Waals surface area (Å²) < 4.78 is 10.7. The zero-order valence-corrected chi connectivity index (χ0v) is 19.6. The van der Waals surface area contributed by atoms with Gasteiger partial charge in [-0.25, -0.2) is 0 Å². The van der Waals surface area contributed by atoms with E-state index in [4.69, 9.17) is 9.47 Å². The van der Waals surface area contributed by atoms with Crippen molar-refractivity contribution in [2.24, 2.45) is 0 Å². The van der Waals surface area contributed by atoms with E-state index >= 15 is 0 Å². The van der Waals surface area contributed by atoms with Crippen LogP contribution >= 0.6 is 0 Å². The molecule has 2 aromatic rings. The van der Waals surface area contributed by atoms with Crippen LogP contribution in [0.2, 0.25) is 0 Å². The van der Waals surface area contributed by atoms with Crippen LogP contribution < -0.4 is 15.4 Å². The number of ether oxygens (including phenoxy) is 2. The van der Waals surface area contributed by atoms with Crippen LogP contribution in [0.15, 0.2) is 48.5 Å². The van der Waals surface area contributed by atoms with Crippen molar-refractivity contribution in [3.63, 3.8) is 0 Å². The highest BCUT2D eigenvalue weighted by molar-refractivity contribution is 5.98. The number of methoxy groups -OCH3 is 1. The molecule has 0 saturated carbocycles. The van der Waals surface area contributed by atoms with Gasteiger partial charge >= 0.3 is 0 Å². The van der Waals surface area contributed by atoms with Crippen molar-refractivity contribution in [1.29, 1.82) is 0 Å². The van der Waals surface area contributed by atoms with Crippen molar-refractivity contribution in [2.75, 3.05) is 45.3 Å². The van der Waals surface area contributed by atoms with Crippen LogP contribution in [0.1, 0.15) is 35.7 Å². The van der Waals surface area contributed by atoms with Crippen LogP contribution in [0, 0.1) is 6.92 Å². The molecule has 2 rings (SSSR count). The van der Waals surface area contributed by atoms with Crippen LogP contribution in [-0.4, -0.2) is 62.6 Å². The molecule has 0 aromatic heterocycles. The van der Waals surface area contributed by atoms with Gasteiger partial charge in [0.2, 0.25) is 11.8 Å². The molecule has 178 valence electrons. The van der Waals surface area contributed by atoms with Crippen molar-refractivity contribution in [3.05, 3.63) is 59.7 Å². The van der Waals surface area contributed by atoms with Gasteiger partial charge in [0.25, 0.3) is 5.91 Å². The van der Waals surface area contributed by atoms with Gasteiger partial charge in [-0.2, -0.15) is 0 Å². The fourth-order valence-corrected chi connectivity index (χ4v) is 2.91. The number of nitrogens with zero attached hydrogens (tertiary/aromatic N) is 1. The van der Waals surface area contributed by atoms with E-state index < -0.39 is 5.91 Å². The number of hydrogen-bond acceptors (Lipinski definition) is 5. The molecular formula is C25H33N3O5. The third-order valence-corrected chi connectivity index (χ3v) is 4.84. The number of unbranched alkanes of at least 4 members (excludes halogenated alkanes) is 1. The van der Waals surface area contributed by atoms with Gasteiger partial charge in [-0.1, -0.05) is 31.0 Å². The molecule has 0 unspecified atom stereocenters. The highest BCUT2D eigenvalue weighted by atomic mass is 16.5. The molecule has 0 bridgehead atoms. The average Bonchev–Trinajstić information content (AvgIpc) is 2.82. The molecule has 0 fully saturated rings. The van der Waals surface area contributed by atoms with E-state index in [1.54, 1.807) is 36.4 Å². The standard InChI is InChI=1S/C25H33N3O5/c1-4-5-15-33-22-12-8-20(9-13-22)25(31)28(14-16-32-3)18-24(30)26-17-23(29)27-21-10-6-19(2)7-11-21/h6-13H,4-5,14-18H2,1-3H3,(H,26,30)(H,27,29). The van der Waals surface area contributed by atoms with Gasteiger partial charge in [0.1, 0.15) is 5.75 Å². The first-order valence-corrected chi connectivity index (χ1v) is 11.1. The summed E-state index contributed by atoms with van der Waals surface area (Å²) in [5, 5.41) is 5.28. The van der Waals surface area contributed by atoms with E-state index in [0.29, 0.717) is 23.6 Å². The molecule has 2 aromatic carbocycles. The Bertz CT molecular complexity index is 897.